The Bertz CT molecular complexity index is 850. The van der Waals surface area contributed by atoms with Crippen molar-refractivity contribution in [3.05, 3.63) is 107 Å². The summed E-state index contributed by atoms with van der Waals surface area (Å²) in [4.78, 5) is 24.6. The van der Waals surface area contributed by atoms with Gasteiger partial charge in [-0.2, -0.15) is 0 Å². The van der Waals surface area contributed by atoms with Gasteiger partial charge in [0.15, 0.2) is 12.4 Å². The zero-order valence-electron chi connectivity index (χ0n) is 14.7. The molecule has 0 unspecified atom stereocenters. The molecule has 0 aliphatic carbocycles. The number of rotatable bonds is 7. The molecule has 0 N–H and O–H groups in total. The smallest absolute Gasteiger partial charge is 0.307 e. The SMILES string of the molecule is O=C(CC(c1ccccc1)c1ccccc1)OCC(=O)c1ccc(Cl)cc1. The van der Waals surface area contributed by atoms with Crippen LogP contribution in [-0.4, -0.2) is 18.4 Å². The van der Waals surface area contributed by atoms with Gasteiger partial charge in [0.25, 0.3) is 0 Å². The van der Waals surface area contributed by atoms with Gasteiger partial charge in [-0.15, -0.1) is 0 Å². The molecule has 0 bridgehead atoms. The Balaban J connectivity index is 1.66. The lowest BCUT2D eigenvalue weighted by atomic mass is 9.89. The molecular weight excluding hydrogens is 360 g/mol. The second-order valence-electron chi connectivity index (χ2n) is 6.17. The number of Topliss-reactive ketones (excluding diaryl/α,β-unsaturated/α-hetero) is 1. The molecule has 4 heteroatoms. The van der Waals surface area contributed by atoms with Gasteiger partial charge < -0.3 is 4.74 Å². The molecule has 3 aromatic carbocycles. The topological polar surface area (TPSA) is 43.4 Å². The lowest BCUT2D eigenvalue weighted by Crippen LogP contribution is -2.17. The minimum atomic E-state index is -0.407. The van der Waals surface area contributed by atoms with E-state index in [4.69, 9.17) is 16.3 Å². The van der Waals surface area contributed by atoms with E-state index in [9.17, 15) is 9.59 Å². The van der Waals surface area contributed by atoms with Gasteiger partial charge >= 0.3 is 5.97 Å². The number of ketones is 1. The highest BCUT2D eigenvalue weighted by molar-refractivity contribution is 6.30. The molecule has 27 heavy (non-hydrogen) atoms. The minimum absolute atomic E-state index is 0.120. The lowest BCUT2D eigenvalue weighted by Gasteiger charge is -2.17. The Morgan fingerprint density at radius 3 is 1.81 bits per heavy atom. The molecule has 3 rings (SSSR count). The van der Waals surface area contributed by atoms with Crippen LogP contribution in [0.4, 0.5) is 0 Å². The van der Waals surface area contributed by atoms with E-state index in [1.165, 1.54) is 0 Å². The molecular formula is C23H19ClO3. The van der Waals surface area contributed by atoms with Crippen LogP contribution in [0.3, 0.4) is 0 Å². The minimum Gasteiger partial charge on any atom is -0.457 e. The van der Waals surface area contributed by atoms with Crippen molar-refractivity contribution in [3.8, 4) is 0 Å². The molecule has 0 saturated heterocycles. The van der Waals surface area contributed by atoms with Gasteiger partial charge in [-0.3, -0.25) is 9.59 Å². The quantitative estimate of drug-likeness (QED) is 0.414. The van der Waals surface area contributed by atoms with Crippen LogP contribution < -0.4 is 0 Å². The van der Waals surface area contributed by atoms with E-state index in [0.29, 0.717) is 10.6 Å². The standard InChI is InChI=1S/C23H19ClO3/c24-20-13-11-19(12-14-20)22(25)16-27-23(26)15-21(17-7-3-1-4-8-17)18-9-5-2-6-10-18/h1-14,21H,15-16H2. The summed E-state index contributed by atoms with van der Waals surface area (Å²) in [7, 11) is 0. The van der Waals surface area contributed by atoms with Crippen LogP contribution in [0.5, 0.6) is 0 Å². The van der Waals surface area contributed by atoms with Crippen molar-refractivity contribution in [3.63, 3.8) is 0 Å². The average Bonchev–Trinajstić information content (AvgIpc) is 2.72. The first-order valence-electron chi connectivity index (χ1n) is 8.68. The van der Waals surface area contributed by atoms with E-state index < -0.39 is 5.97 Å². The molecule has 3 aromatic rings. The highest BCUT2D eigenvalue weighted by atomic mass is 35.5. The van der Waals surface area contributed by atoms with Crippen LogP contribution in [0.2, 0.25) is 5.02 Å². The third-order valence-electron chi connectivity index (χ3n) is 4.31. The van der Waals surface area contributed by atoms with E-state index in [1.54, 1.807) is 24.3 Å². The zero-order valence-corrected chi connectivity index (χ0v) is 15.4. The maximum absolute atomic E-state index is 12.4. The fourth-order valence-corrected chi connectivity index (χ4v) is 3.02. The molecule has 0 saturated carbocycles. The van der Waals surface area contributed by atoms with Crippen LogP contribution in [0, 0.1) is 0 Å². The van der Waals surface area contributed by atoms with Crippen molar-refractivity contribution in [1.29, 1.82) is 0 Å². The molecule has 0 amide bonds. The highest BCUT2D eigenvalue weighted by Crippen LogP contribution is 2.28. The van der Waals surface area contributed by atoms with Gasteiger partial charge in [0.2, 0.25) is 0 Å². The summed E-state index contributed by atoms with van der Waals surface area (Å²) in [6.07, 6.45) is 0.169. The van der Waals surface area contributed by atoms with E-state index >= 15 is 0 Å². The van der Waals surface area contributed by atoms with Crippen molar-refractivity contribution >= 4 is 23.4 Å². The Morgan fingerprint density at radius 2 is 1.30 bits per heavy atom. The first-order chi connectivity index (χ1) is 13.1. The van der Waals surface area contributed by atoms with Crippen molar-refractivity contribution in [1.82, 2.24) is 0 Å². The third kappa shape index (κ3) is 5.28. The van der Waals surface area contributed by atoms with Crippen LogP contribution >= 0.6 is 11.6 Å². The Morgan fingerprint density at radius 1 is 0.778 bits per heavy atom. The fraction of sp³-hybridized carbons (Fsp3) is 0.130. The number of hydrogen-bond acceptors (Lipinski definition) is 3. The van der Waals surface area contributed by atoms with Gasteiger partial charge in [0.05, 0.1) is 6.42 Å². The molecule has 0 heterocycles. The molecule has 0 radical (unpaired) electrons. The van der Waals surface area contributed by atoms with E-state index in [1.807, 2.05) is 60.7 Å². The molecule has 3 nitrogen and oxygen atoms in total. The summed E-state index contributed by atoms with van der Waals surface area (Å²) >= 11 is 5.82. The Kier molecular flexibility index (Phi) is 6.39. The number of carbonyl (C=O) groups is 2. The molecule has 0 aromatic heterocycles. The van der Waals surface area contributed by atoms with E-state index in [-0.39, 0.29) is 24.7 Å². The second kappa shape index (κ2) is 9.15. The summed E-state index contributed by atoms with van der Waals surface area (Å²) in [6.45, 7) is -0.281. The largest absolute Gasteiger partial charge is 0.457 e. The van der Waals surface area contributed by atoms with Gasteiger partial charge in [-0.05, 0) is 35.4 Å². The van der Waals surface area contributed by atoms with E-state index in [2.05, 4.69) is 0 Å². The zero-order chi connectivity index (χ0) is 19.1. The molecule has 0 spiro atoms. The molecule has 0 aliphatic heterocycles. The average molecular weight is 379 g/mol. The van der Waals surface area contributed by atoms with Crippen molar-refractivity contribution in [2.45, 2.75) is 12.3 Å². The van der Waals surface area contributed by atoms with Crippen molar-refractivity contribution in [2.75, 3.05) is 6.61 Å². The van der Waals surface area contributed by atoms with Crippen LogP contribution in [0.15, 0.2) is 84.9 Å². The summed E-state index contributed by atoms with van der Waals surface area (Å²) in [5.41, 5.74) is 2.53. The second-order valence-corrected chi connectivity index (χ2v) is 6.61. The molecule has 0 atom stereocenters. The predicted octanol–water partition coefficient (Wildman–Crippen LogP) is 5.29. The summed E-state index contributed by atoms with van der Waals surface area (Å²) in [6, 6.07) is 26.1. The molecule has 136 valence electrons. The molecule has 0 fully saturated rings. The third-order valence-corrected chi connectivity index (χ3v) is 4.56. The lowest BCUT2D eigenvalue weighted by molar-refractivity contribution is -0.142. The molecule has 0 aliphatic rings. The normalized spacial score (nSPS) is 10.6. The van der Waals surface area contributed by atoms with Crippen LogP contribution in [0.25, 0.3) is 0 Å². The fourth-order valence-electron chi connectivity index (χ4n) is 2.89. The van der Waals surface area contributed by atoms with Crippen molar-refractivity contribution in [2.24, 2.45) is 0 Å². The summed E-state index contributed by atoms with van der Waals surface area (Å²) in [5, 5.41) is 0.553. The van der Waals surface area contributed by atoms with Crippen molar-refractivity contribution < 1.29 is 14.3 Å². The number of ether oxygens (including phenoxy) is 1. The van der Waals surface area contributed by atoms with Gasteiger partial charge in [-0.25, -0.2) is 0 Å². The number of halogens is 1. The maximum atomic E-state index is 12.4. The Hall–Kier alpha value is -2.91. The number of hydrogen-bond donors (Lipinski definition) is 0. The van der Waals surface area contributed by atoms with Crippen LogP contribution in [-0.2, 0) is 9.53 Å². The summed E-state index contributed by atoms with van der Waals surface area (Å²) in [5.74, 6) is -0.781. The first-order valence-corrected chi connectivity index (χ1v) is 9.05. The first kappa shape index (κ1) is 18.9. The predicted molar refractivity (Wildman–Crippen MR) is 106 cm³/mol. The Labute approximate surface area is 163 Å². The number of esters is 1. The number of benzene rings is 3. The highest BCUT2D eigenvalue weighted by Gasteiger charge is 2.20. The van der Waals surface area contributed by atoms with Gasteiger partial charge in [-0.1, -0.05) is 72.3 Å². The summed E-state index contributed by atoms with van der Waals surface area (Å²) < 4.78 is 5.24. The number of carbonyl (C=O) groups excluding carboxylic acids is 2. The monoisotopic (exact) mass is 378 g/mol. The maximum Gasteiger partial charge on any atom is 0.307 e. The van der Waals surface area contributed by atoms with Gasteiger partial charge in [0.1, 0.15) is 0 Å². The van der Waals surface area contributed by atoms with Gasteiger partial charge in [0, 0.05) is 16.5 Å². The van der Waals surface area contributed by atoms with Crippen LogP contribution in [0.1, 0.15) is 33.8 Å². The van der Waals surface area contributed by atoms with E-state index in [0.717, 1.165) is 11.1 Å².